The lowest BCUT2D eigenvalue weighted by atomic mass is 10.2. The van der Waals surface area contributed by atoms with Crippen molar-refractivity contribution >= 4 is 0 Å². The first kappa shape index (κ1) is 13.8. The van der Waals surface area contributed by atoms with Gasteiger partial charge in [0.25, 0.3) is 0 Å². The molecule has 1 fully saturated rings. The molecule has 16 heavy (non-hydrogen) atoms. The lowest BCUT2D eigenvalue weighted by Crippen LogP contribution is -2.38. The Morgan fingerprint density at radius 1 is 1.44 bits per heavy atom. The van der Waals surface area contributed by atoms with Crippen molar-refractivity contribution in [2.45, 2.75) is 51.4 Å². The van der Waals surface area contributed by atoms with E-state index in [0.29, 0.717) is 12.6 Å². The number of alkyl halides is 3. The third-order valence-electron chi connectivity index (χ3n) is 3.12. The van der Waals surface area contributed by atoms with Crippen molar-refractivity contribution in [1.29, 1.82) is 0 Å². The summed E-state index contributed by atoms with van der Waals surface area (Å²) in [7, 11) is 0. The number of likely N-dealkylation sites (tertiary alicyclic amines) is 1. The van der Waals surface area contributed by atoms with E-state index in [1.807, 2.05) is 0 Å². The van der Waals surface area contributed by atoms with Gasteiger partial charge >= 0.3 is 6.18 Å². The molecule has 1 heterocycles. The van der Waals surface area contributed by atoms with Crippen molar-refractivity contribution in [3.63, 3.8) is 0 Å². The van der Waals surface area contributed by atoms with Crippen LogP contribution in [0.4, 0.5) is 13.2 Å². The quantitative estimate of drug-likeness (QED) is 0.791. The first-order valence-corrected chi connectivity index (χ1v) is 5.92. The Kier molecular flexibility index (Phi) is 5.05. The number of halogens is 3. The molecule has 96 valence electrons. The Balaban J connectivity index is 2.10. The number of nitrogens with one attached hydrogen (secondary N) is 1. The van der Waals surface area contributed by atoms with E-state index in [-0.39, 0.29) is 0 Å². The van der Waals surface area contributed by atoms with Gasteiger partial charge in [0.1, 0.15) is 0 Å². The predicted molar refractivity (Wildman–Crippen MR) is 58.4 cm³/mol. The average molecular weight is 238 g/mol. The van der Waals surface area contributed by atoms with Gasteiger partial charge in [-0.3, -0.25) is 4.90 Å². The molecule has 0 bridgehead atoms. The van der Waals surface area contributed by atoms with E-state index in [4.69, 9.17) is 0 Å². The summed E-state index contributed by atoms with van der Waals surface area (Å²) >= 11 is 0. The van der Waals surface area contributed by atoms with Crippen LogP contribution in [0.5, 0.6) is 0 Å². The molecule has 1 N–H and O–H groups in total. The third-order valence-corrected chi connectivity index (χ3v) is 3.12. The second-order valence-corrected chi connectivity index (χ2v) is 4.70. The second kappa shape index (κ2) is 5.87. The summed E-state index contributed by atoms with van der Waals surface area (Å²) in [5, 5.41) is 2.92. The van der Waals surface area contributed by atoms with Gasteiger partial charge in [-0.05, 0) is 33.2 Å². The van der Waals surface area contributed by atoms with E-state index in [0.717, 1.165) is 13.1 Å². The number of hydrogen-bond acceptors (Lipinski definition) is 2. The fourth-order valence-electron chi connectivity index (χ4n) is 2.20. The highest BCUT2D eigenvalue weighted by Gasteiger charge is 2.29. The van der Waals surface area contributed by atoms with E-state index in [2.05, 4.69) is 17.1 Å². The van der Waals surface area contributed by atoms with Gasteiger partial charge in [0.2, 0.25) is 0 Å². The van der Waals surface area contributed by atoms with Crippen LogP contribution in [0.2, 0.25) is 0 Å². The van der Waals surface area contributed by atoms with Crippen LogP contribution >= 0.6 is 0 Å². The summed E-state index contributed by atoms with van der Waals surface area (Å²) in [5.41, 5.74) is 0. The standard InChI is InChI=1S/C11H21F3N2/c1-9(8-11(12,13)14)15-5-7-16-6-3-4-10(16)2/h9-10,15H,3-8H2,1-2H3. The first-order chi connectivity index (χ1) is 7.38. The minimum absolute atomic E-state index is 0.488. The van der Waals surface area contributed by atoms with Crippen LogP contribution in [0.15, 0.2) is 0 Å². The zero-order chi connectivity index (χ0) is 12.2. The van der Waals surface area contributed by atoms with Crippen molar-refractivity contribution in [3.8, 4) is 0 Å². The van der Waals surface area contributed by atoms with Crippen LogP contribution in [0.3, 0.4) is 0 Å². The van der Waals surface area contributed by atoms with Crippen molar-refractivity contribution in [3.05, 3.63) is 0 Å². The average Bonchev–Trinajstić information content (AvgIpc) is 2.48. The SMILES string of the molecule is CC(CC(F)(F)F)NCCN1CCCC1C. The Labute approximate surface area is 95.2 Å². The predicted octanol–water partition coefficient (Wildman–Crippen LogP) is 2.40. The summed E-state index contributed by atoms with van der Waals surface area (Å²) < 4.78 is 36.1. The molecule has 2 atom stereocenters. The molecule has 2 unspecified atom stereocenters. The summed E-state index contributed by atoms with van der Waals surface area (Å²) in [4.78, 5) is 2.33. The zero-order valence-electron chi connectivity index (χ0n) is 9.98. The number of nitrogens with zero attached hydrogens (tertiary/aromatic N) is 1. The van der Waals surface area contributed by atoms with Crippen molar-refractivity contribution in [1.82, 2.24) is 10.2 Å². The molecule has 0 amide bonds. The molecular formula is C11H21F3N2. The van der Waals surface area contributed by atoms with Gasteiger partial charge in [-0.25, -0.2) is 0 Å². The van der Waals surface area contributed by atoms with Crippen molar-refractivity contribution in [2.24, 2.45) is 0 Å². The third kappa shape index (κ3) is 5.16. The van der Waals surface area contributed by atoms with E-state index in [1.165, 1.54) is 12.8 Å². The van der Waals surface area contributed by atoms with Gasteiger partial charge in [0, 0.05) is 25.2 Å². The number of rotatable bonds is 5. The molecule has 2 nitrogen and oxygen atoms in total. The van der Waals surface area contributed by atoms with Crippen LogP contribution in [-0.4, -0.2) is 42.8 Å². The van der Waals surface area contributed by atoms with Crippen molar-refractivity contribution in [2.75, 3.05) is 19.6 Å². The maximum Gasteiger partial charge on any atom is 0.390 e. The molecule has 0 aromatic heterocycles. The number of hydrogen-bond donors (Lipinski definition) is 1. The van der Waals surface area contributed by atoms with Gasteiger partial charge in [-0.2, -0.15) is 13.2 Å². The Morgan fingerprint density at radius 3 is 2.62 bits per heavy atom. The molecule has 1 saturated heterocycles. The minimum atomic E-state index is -4.06. The molecule has 0 radical (unpaired) electrons. The van der Waals surface area contributed by atoms with Crippen LogP contribution < -0.4 is 5.32 Å². The fourth-order valence-corrected chi connectivity index (χ4v) is 2.20. The summed E-state index contributed by atoms with van der Waals surface area (Å²) in [5.74, 6) is 0. The van der Waals surface area contributed by atoms with Gasteiger partial charge in [-0.1, -0.05) is 0 Å². The summed E-state index contributed by atoms with van der Waals surface area (Å²) in [6.07, 6.45) is -2.40. The molecule has 0 aromatic carbocycles. The Hall–Kier alpha value is -0.290. The summed E-state index contributed by atoms with van der Waals surface area (Å²) in [6.45, 7) is 6.33. The van der Waals surface area contributed by atoms with E-state index < -0.39 is 18.6 Å². The smallest absolute Gasteiger partial charge is 0.313 e. The molecule has 0 saturated carbocycles. The van der Waals surface area contributed by atoms with Crippen LogP contribution in [0.1, 0.15) is 33.1 Å². The minimum Gasteiger partial charge on any atom is -0.313 e. The highest BCUT2D eigenvalue weighted by Crippen LogP contribution is 2.21. The molecule has 5 heteroatoms. The zero-order valence-corrected chi connectivity index (χ0v) is 9.98. The lowest BCUT2D eigenvalue weighted by Gasteiger charge is -2.22. The molecule has 1 rings (SSSR count). The van der Waals surface area contributed by atoms with Crippen LogP contribution in [0, 0.1) is 0 Å². The molecule has 1 aliphatic heterocycles. The van der Waals surface area contributed by atoms with Gasteiger partial charge in [-0.15, -0.1) is 0 Å². The Bertz CT molecular complexity index is 206. The monoisotopic (exact) mass is 238 g/mol. The highest BCUT2D eigenvalue weighted by atomic mass is 19.4. The maximum atomic E-state index is 12.0. The van der Waals surface area contributed by atoms with E-state index >= 15 is 0 Å². The second-order valence-electron chi connectivity index (χ2n) is 4.70. The topological polar surface area (TPSA) is 15.3 Å². The Morgan fingerprint density at radius 2 is 2.12 bits per heavy atom. The van der Waals surface area contributed by atoms with E-state index in [1.54, 1.807) is 6.92 Å². The molecular weight excluding hydrogens is 217 g/mol. The molecule has 1 aliphatic rings. The van der Waals surface area contributed by atoms with Crippen LogP contribution in [0.25, 0.3) is 0 Å². The van der Waals surface area contributed by atoms with Gasteiger partial charge < -0.3 is 5.32 Å². The van der Waals surface area contributed by atoms with Crippen LogP contribution in [-0.2, 0) is 0 Å². The normalized spacial score (nSPS) is 24.9. The summed E-state index contributed by atoms with van der Waals surface area (Å²) in [6, 6.07) is 0.0950. The molecule has 0 spiro atoms. The maximum absolute atomic E-state index is 12.0. The largest absolute Gasteiger partial charge is 0.390 e. The van der Waals surface area contributed by atoms with Gasteiger partial charge in [0.15, 0.2) is 0 Å². The fraction of sp³-hybridized carbons (Fsp3) is 1.00. The van der Waals surface area contributed by atoms with Gasteiger partial charge in [0.05, 0.1) is 6.42 Å². The molecule has 0 aliphatic carbocycles. The van der Waals surface area contributed by atoms with E-state index in [9.17, 15) is 13.2 Å². The van der Waals surface area contributed by atoms with Crippen molar-refractivity contribution < 1.29 is 13.2 Å². The first-order valence-electron chi connectivity index (χ1n) is 5.92. The highest BCUT2D eigenvalue weighted by molar-refractivity contribution is 4.76. The molecule has 0 aromatic rings. The lowest BCUT2D eigenvalue weighted by molar-refractivity contribution is -0.139.